The molecule has 4 rings (SSSR count). The fourth-order valence-corrected chi connectivity index (χ4v) is 4.96. The fraction of sp³-hybridized carbons (Fsp3) is 0.692. The number of carbonyl (C=O) groups excluding carboxylic acids is 2. The Morgan fingerprint density at radius 1 is 1.09 bits per heavy atom. The van der Waals surface area contributed by atoms with Gasteiger partial charge in [-0.3, -0.25) is 4.79 Å². The van der Waals surface area contributed by atoms with E-state index in [1.54, 1.807) is 4.90 Å². The number of hydrogen-bond donors (Lipinski definition) is 0. The molecule has 8 nitrogen and oxygen atoms in total. The SMILES string of the molecule is CCN1CC2(CCN(c3ccc(OC4CCN(C(=O)OC(C)(C)C)CC4)cc3)CC2)OCC1=O. The third-order valence-electron chi connectivity index (χ3n) is 6.99. The van der Waals surface area contributed by atoms with Crippen LogP contribution in [0.3, 0.4) is 0 Å². The summed E-state index contributed by atoms with van der Waals surface area (Å²) in [4.78, 5) is 30.3. The number of benzene rings is 1. The molecule has 0 atom stereocenters. The Morgan fingerprint density at radius 2 is 1.74 bits per heavy atom. The average molecular weight is 474 g/mol. The van der Waals surface area contributed by atoms with E-state index in [0.29, 0.717) is 19.6 Å². The maximum atomic E-state index is 12.2. The lowest BCUT2D eigenvalue weighted by atomic mass is 9.89. The molecule has 0 radical (unpaired) electrons. The molecule has 3 aliphatic heterocycles. The second kappa shape index (κ2) is 10.0. The summed E-state index contributed by atoms with van der Waals surface area (Å²) in [5, 5.41) is 0. The van der Waals surface area contributed by atoms with Crippen LogP contribution in [0.2, 0.25) is 0 Å². The Hall–Kier alpha value is -2.48. The molecule has 3 heterocycles. The molecule has 2 amide bonds. The van der Waals surface area contributed by atoms with Gasteiger partial charge in [-0.1, -0.05) is 0 Å². The van der Waals surface area contributed by atoms with Crippen molar-refractivity contribution in [3.63, 3.8) is 0 Å². The van der Waals surface area contributed by atoms with Gasteiger partial charge in [0.1, 0.15) is 24.1 Å². The van der Waals surface area contributed by atoms with Crippen molar-refractivity contribution in [3.8, 4) is 5.75 Å². The van der Waals surface area contributed by atoms with Crippen LogP contribution >= 0.6 is 0 Å². The maximum Gasteiger partial charge on any atom is 0.410 e. The lowest BCUT2D eigenvalue weighted by Gasteiger charge is -2.47. The van der Waals surface area contributed by atoms with Crippen LogP contribution in [0, 0.1) is 0 Å². The molecule has 3 saturated heterocycles. The van der Waals surface area contributed by atoms with Gasteiger partial charge in [0.05, 0.1) is 5.60 Å². The Morgan fingerprint density at radius 3 is 2.32 bits per heavy atom. The van der Waals surface area contributed by atoms with E-state index in [2.05, 4.69) is 17.0 Å². The summed E-state index contributed by atoms with van der Waals surface area (Å²) in [5.74, 6) is 0.960. The van der Waals surface area contributed by atoms with Crippen LogP contribution in [0.1, 0.15) is 53.4 Å². The van der Waals surface area contributed by atoms with Crippen molar-refractivity contribution >= 4 is 17.7 Å². The molecule has 1 aromatic carbocycles. The van der Waals surface area contributed by atoms with Crippen LogP contribution in [0.4, 0.5) is 10.5 Å². The lowest BCUT2D eigenvalue weighted by molar-refractivity contribution is -0.166. The van der Waals surface area contributed by atoms with Crippen molar-refractivity contribution in [3.05, 3.63) is 24.3 Å². The van der Waals surface area contributed by atoms with Crippen molar-refractivity contribution in [2.24, 2.45) is 0 Å². The normalized spacial score (nSPS) is 21.6. The van der Waals surface area contributed by atoms with Crippen molar-refractivity contribution in [1.29, 1.82) is 0 Å². The Balaban J connectivity index is 1.24. The van der Waals surface area contributed by atoms with E-state index in [1.165, 1.54) is 5.69 Å². The second-order valence-electron chi connectivity index (χ2n) is 10.6. The summed E-state index contributed by atoms with van der Waals surface area (Å²) < 4.78 is 17.7. The molecule has 188 valence electrons. The number of morpholine rings is 1. The minimum atomic E-state index is -0.473. The van der Waals surface area contributed by atoms with Gasteiger partial charge in [0, 0.05) is 57.8 Å². The number of likely N-dealkylation sites (N-methyl/N-ethyl adjacent to an activating group) is 1. The van der Waals surface area contributed by atoms with Gasteiger partial charge in [-0.25, -0.2) is 4.79 Å². The number of nitrogens with zero attached hydrogens (tertiary/aromatic N) is 3. The quantitative estimate of drug-likeness (QED) is 0.664. The number of rotatable bonds is 4. The fourth-order valence-electron chi connectivity index (χ4n) is 4.96. The molecule has 0 aliphatic carbocycles. The zero-order valence-electron chi connectivity index (χ0n) is 21.0. The van der Waals surface area contributed by atoms with Crippen LogP contribution in [0.25, 0.3) is 0 Å². The van der Waals surface area contributed by atoms with E-state index in [1.807, 2.05) is 44.7 Å². The topological polar surface area (TPSA) is 71.6 Å². The van der Waals surface area contributed by atoms with Crippen LogP contribution in [-0.2, 0) is 14.3 Å². The molecule has 3 fully saturated rings. The van der Waals surface area contributed by atoms with Gasteiger partial charge in [-0.05, 0) is 64.8 Å². The average Bonchev–Trinajstić information content (AvgIpc) is 2.81. The van der Waals surface area contributed by atoms with Crippen LogP contribution < -0.4 is 9.64 Å². The van der Waals surface area contributed by atoms with Crippen molar-refractivity contribution < 1.29 is 23.8 Å². The molecule has 0 N–H and O–H groups in total. The van der Waals surface area contributed by atoms with Gasteiger partial charge in [-0.15, -0.1) is 0 Å². The summed E-state index contributed by atoms with van der Waals surface area (Å²) in [6, 6.07) is 8.31. The first-order chi connectivity index (χ1) is 16.2. The largest absolute Gasteiger partial charge is 0.490 e. The summed E-state index contributed by atoms with van der Waals surface area (Å²) in [6.45, 7) is 12.5. The van der Waals surface area contributed by atoms with E-state index in [4.69, 9.17) is 14.2 Å². The minimum absolute atomic E-state index is 0.0988. The number of likely N-dealkylation sites (tertiary alicyclic amines) is 1. The second-order valence-corrected chi connectivity index (χ2v) is 10.6. The van der Waals surface area contributed by atoms with Gasteiger partial charge < -0.3 is 28.9 Å². The standard InChI is InChI=1S/C26H39N3O5/c1-5-27-19-26(32-18-23(27)30)12-16-28(17-13-26)20-6-8-21(9-7-20)33-22-10-14-29(15-11-22)24(31)34-25(2,3)4/h6-9,22H,5,10-19H2,1-4H3. The lowest BCUT2D eigenvalue weighted by Crippen LogP contribution is -2.58. The molecule has 3 aliphatic rings. The smallest absolute Gasteiger partial charge is 0.410 e. The summed E-state index contributed by atoms with van der Waals surface area (Å²) in [6.07, 6.45) is 3.30. The van der Waals surface area contributed by atoms with E-state index in [0.717, 1.165) is 51.1 Å². The van der Waals surface area contributed by atoms with Gasteiger partial charge in [0.25, 0.3) is 0 Å². The van der Waals surface area contributed by atoms with Gasteiger partial charge in [-0.2, -0.15) is 0 Å². The Bertz CT molecular complexity index is 850. The summed E-state index contributed by atoms with van der Waals surface area (Å²) >= 11 is 0. The molecule has 1 spiro atoms. The van der Waals surface area contributed by atoms with E-state index < -0.39 is 5.60 Å². The Kier molecular flexibility index (Phi) is 7.26. The van der Waals surface area contributed by atoms with E-state index in [9.17, 15) is 9.59 Å². The molecular formula is C26H39N3O5. The van der Waals surface area contributed by atoms with Crippen LogP contribution in [-0.4, -0.2) is 85.0 Å². The molecule has 8 heteroatoms. The van der Waals surface area contributed by atoms with E-state index in [-0.39, 0.29) is 30.3 Å². The molecule has 1 aromatic rings. The first-order valence-corrected chi connectivity index (χ1v) is 12.6. The van der Waals surface area contributed by atoms with Crippen LogP contribution in [0.15, 0.2) is 24.3 Å². The highest BCUT2D eigenvalue weighted by atomic mass is 16.6. The molecular weight excluding hydrogens is 434 g/mol. The third-order valence-corrected chi connectivity index (χ3v) is 6.99. The monoisotopic (exact) mass is 473 g/mol. The zero-order chi connectivity index (χ0) is 24.3. The summed E-state index contributed by atoms with van der Waals surface area (Å²) in [7, 11) is 0. The third kappa shape index (κ3) is 5.95. The molecule has 0 aromatic heterocycles. The Labute approximate surface area is 203 Å². The van der Waals surface area contributed by atoms with Crippen molar-refractivity contribution in [1.82, 2.24) is 9.80 Å². The minimum Gasteiger partial charge on any atom is -0.490 e. The van der Waals surface area contributed by atoms with Gasteiger partial charge in [0.2, 0.25) is 5.91 Å². The van der Waals surface area contributed by atoms with Gasteiger partial charge >= 0.3 is 6.09 Å². The number of anilines is 1. The zero-order valence-corrected chi connectivity index (χ0v) is 21.0. The molecule has 0 bridgehead atoms. The highest BCUT2D eigenvalue weighted by Crippen LogP contribution is 2.33. The van der Waals surface area contributed by atoms with E-state index >= 15 is 0 Å². The first-order valence-electron chi connectivity index (χ1n) is 12.6. The van der Waals surface area contributed by atoms with Crippen LogP contribution in [0.5, 0.6) is 5.75 Å². The predicted molar refractivity (Wildman–Crippen MR) is 130 cm³/mol. The number of piperidine rings is 2. The number of ether oxygens (including phenoxy) is 3. The highest BCUT2D eigenvalue weighted by molar-refractivity contribution is 5.78. The van der Waals surface area contributed by atoms with Crippen molar-refractivity contribution in [2.75, 3.05) is 50.8 Å². The molecule has 0 saturated carbocycles. The summed E-state index contributed by atoms with van der Waals surface area (Å²) in [5.41, 5.74) is 0.512. The van der Waals surface area contributed by atoms with Gasteiger partial charge in [0.15, 0.2) is 0 Å². The molecule has 34 heavy (non-hydrogen) atoms. The number of hydrogen-bond acceptors (Lipinski definition) is 6. The number of carbonyl (C=O) groups is 2. The van der Waals surface area contributed by atoms with Crippen molar-refractivity contribution in [2.45, 2.75) is 70.7 Å². The highest BCUT2D eigenvalue weighted by Gasteiger charge is 2.41. The molecule has 0 unspecified atom stereocenters. The predicted octanol–water partition coefficient (Wildman–Crippen LogP) is 3.68. The number of amides is 2. The maximum absolute atomic E-state index is 12.2. The first kappa shape index (κ1) is 24.6.